The van der Waals surface area contributed by atoms with E-state index in [1.165, 1.54) is 19.3 Å². The maximum Gasteiger partial charge on any atom is 0.00602 e. The van der Waals surface area contributed by atoms with Gasteiger partial charge in [-0.1, -0.05) is 15.9 Å². The van der Waals surface area contributed by atoms with Crippen LogP contribution < -0.4 is 5.73 Å². The molecule has 8 heavy (non-hydrogen) atoms. The van der Waals surface area contributed by atoms with Crippen LogP contribution in [0.2, 0.25) is 0 Å². The normalized spacial score (nSPS) is 38.2. The van der Waals surface area contributed by atoms with E-state index in [-0.39, 0.29) is 0 Å². The highest BCUT2D eigenvalue weighted by molar-refractivity contribution is 9.09. The maximum absolute atomic E-state index is 5.68. The molecule has 2 unspecified atom stereocenters. The minimum absolute atomic E-state index is 0.498. The van der Waals surface area contributed by atoms with Crippen LogP contribution in [-0.4, -0.2) is 11.4 Å². The maximum atomic E-state index is 5.68. The fourth-order valence-electron chi connectivity index (χ4n) is 1.25. The summed E-state index contributed by atoms with van der Waals surface area (Å²) in [4.78, 5) is 0. The fraction of sp³-hybridized carbons (Fsp3) is 1.00. The van der Waals surface area contributed by atoms with E-state index < -0.39 is 0 Å². The summed E-state index contributed by atoms with van der Waals surface area (Å²) in [7, 11) is 0. The Morgan fingerprint density at radius 1 is 1.50 bits per heavy atom. The molecule has 2 N–H and O–H groups in total. The molecule has 0 aliphatic heterocycles. The molecule has 0 heterocycles. The van der Waals surface area contributed by atoms with E-state index in [0.717, 1.165) is 11.2 Å². The van der Waals surface area contributed by atoms with Crippen molar-refractivity contribution in [1.29, 1.82) is 0 Å². The zero-order chi connectivity index (χ0) is 5.98. The van der Waals surface area contributed by atoms with Crippen molar-refractivity contribution >= 4 is 15.9 Å². The standard InChI is InChI=1S/C6H12BrN/c7-4-5-1-2-6(8)3-5/h5-6H,1-4,8H2. The van der Waals surface area contributed by atoms with Crippen molar-refractivity contribution in [2.75, 3.05) is 5.33 Å². The monoisotopic (exact) mass is 177 g/mol. The predicted octanol–water partition coefficient (Wildman–Crippen LogP) is 1.51. The Kier molecular flexibility index (Phi) is 2.32. The first-order valence-corrected chi connectivity index (χ1v) is 4.26. The van der Waals surface area contributed by atoms with Gasteiger partial charge in [0.25, 0.3) is 0 Å². The summed E-state index contributed by atoms with van der Waals surface area (Å²) < 4.78 is 0. The summed E-state index contributed by atoms with van der Waals surface area (Å²) in [5, 5.41) is 1.14. The van der Waals surface area contributed by atoms with Crippen LogP contribution in [-0.2, 0) is 0 Å². The van der Waals surface area contributed by atoms with Crippen molar-refractivity contribution in [1.82, 2.24) is 0 Å². The van der Waals surface area contributed by atoms with Crippen LogP contribution >= 0.6 is 15.9 Å². The first-order chi connectivity index (χ1) is 3.83. The second-order valence-electron chi connectivity index (χ2n) is 2.59. The van der Waals surface area contributed by atoms with Gasteiger partial charge in [-0.3, -0.25) is 0 Å². The second kappa shape index (κ2) is 2.83. The first kappa shape index (κ1) is 6.56. The quantitative estimate of drug-likeness (QED) is 0.605. The van der Waals surface area contributed by atoms with E-state index in [0.29, 0.717) is 6.04 Å². The predicted molar refractivity (Wildman–Crippen MR) is 39.1 cm³/mol. The van der Waals surface area contributed by atoms with Crippen molar-refractivity contribution in [2.24, 2.45) is 11.7 Å². The summed E-state index contributed by atoms with van der Waals surface area (Å²) in [6.45, 7) is 0. The molecular weight excluding hydrogens is 166 g/mol. The van der Waals surface area contributed by atoms with Gasteiger partial charge in [0.1, 0.15) is 0 Å². The molecule has 0 aromatic carbocycles. The molecule has 0 spiro atoms. The third kappa shape index (κ3) is 1.46. The van der Waals surface area contributed by atoms with Crippen LogP contribution in [0.25, 0.3) is 0 Å². The Morgan fingerprint density at radius 2 is 2.25 bits per heavy atom. The van der Waals surface area contributed by atoms with Crippen molar-refractivity contribution in [3.63, 3.8) is 0 Å². The molecule has 0 aromatic heterocycles. The van der Waals surface area contributed by atoms with Gasteiger partial charge in [-0.15, -0.1) is 0 Å². The lowest BCUT2D eigenvalue weighted by molar-refractivity contribution is 0.607. The number of alkyl halides is 1. The van der Waals surface area contributed by atoms with E-state index >= 15 is 0 Å². The molecule has 0 saturated heterocycles. The SMILES string of the molecule is NC1CCC(CBr)C1. The lowest BCUT2D eigenvalue weighted by Crippen LogP contribution is -2.14. The minimum atomic E-state index is 0.498. The summed E-state index contributed by atoms with van der Waals surface area (Å²) in [6.07, 6.45) is 3.79. The van der Waals surface area contributed by atoms with Gasteiger partial charge in [0.2, 0.25) is 0 Å². The topological polar surface area (TPSA) is 26.0 Å². The molecule has 0 bridgehead atoms. The molecule has 0 amide bonds. The molecule has 0 aromatic rings. The summed E-state index contributed by atoms with van der Waals surface area (Å²) in [6, 6.07) is 0.498. The largest absolute Gasteiger partial charge is 0.328 e. The molecule has 2 atom stereocenters. The number of hydrogen-bond donors (Lipinski definition) is 1. The zero-order valence-corrected chi connectivity index (χ0v) is 6.52. The van der Waals surface area contributed by atoms with E-state index in [1.807, 2.05) is 0 Å². The lowest BCUT2D eigenvalue weighted by Gasteiger charge is -2.01. The number of nitrogens with two attached hydrogens (primary N) is 1. The van der Waals surface area contributed by atoms with Gasteiger partial charge in [-0.25, -0.2) is 0 Å². The van der Waals surface area contributed by atoms with Crippen molar-refractivity contribution in [2.45, 2.75) is 25.3 Å². The molecule has 1 saturated carbocycles. The third-order valence-electron chi connectivity index (χ3n) is 1.80. The highest BCUT2D eigenvalue weighted by atomic mass is 79.9. The van der Waals surface area contributed by atoms with Gasteiger partial charge in [-0.05, 0) is 25.2 Å². The smallest absolute Gasteiger partial charge is 0.00602 e. The van der Waals surface area contributed by atoms with Gasteiger partial charge in [-0.2, -0.15) is 0 Å². The Morgan fingerprint density at radius 3 is 2.50 bits per heavy atom. The molecule has 2 heteroatoms. The van der Waals surface area contributed by atoms with E-state index in [9.17, 15) is 0 Å². The van der Waals surface area contributed by atoms with Gasteiger partial charge in [0.05, 0.1) is 0 Å². The number of halogens is 1. The van der Waals surface area contributed by atoms with Gasteiger partial charge >= 0.3 is 0 Å². The van der Waals surface area contributed by atoms with Crippen molar-refractivity contribution < 1.29 is 0 Å². The molecule has 48 valence electrons. The van der Waals surface area contributed by atoms with Crippen molar-refractivity contribution in [3.05, 3.63) is 0 Å². The number of hydrogen-bond acceptors (Lipinski definition) is 1. The van der Waals surface area contributed by atoms with Crippen LogP contribution in [0.4, 0.5) is 0 Å². The van der Waals surface area contributed by atoms with E-state index in [4.69, 9.17) is 5.73 Å². The Balaban J connectivity index is 2.22. The summed E-state index contributed by atoms with van der Waals surface area (Å²) in [5.41, 5.74) is 5.68. The van der Waals surface area contributed by atoms with Crippen LogP contribution in [0.3, 0.4) is 0 Å². The molecule has 1 aliphatic rings. The van der Waals surface area contributed by atoms with Crippen LogP contribution in [0.5, 0.6) is 0 Å². The Hall–Kier alpha value is 0.440. The molecule has 1 aliphatic carbocycles. The molecule has 1 rings (SSSR count). The average molecular weight is 178 g/mol. The Bertz CT molecular complexity index is 74.9. The van der Waals surface area contributed by atoms with Gasteiger partial charge in [0.15, 0.2) is 0 Å². The first-order valence-electron chi connectivity index (χ1n) is 3.14. The van der Waals surface area contributed by atoms with Crippen LogP contribution in [0.1, 0.15) is 19.3 Å². The van der Waals surface area contributed by atoms with E-state index in [1.54, 1.807) is 0 Å². The third-order valence-corrected chi connectivity index (χ3v) is 2.72. The molecule has 0 radical (unpaired) electrons. The van der Waals surface area contributed by atoms with Gasteiger partial charge < -0.3 is 5.73 Å². The lowest BCUT2D eigenvalue weighted by atomic mass is 10.1. The highest BCUT2D eigenvalue weighted by Crippen LogP contribution is 2.25. The average Bonchev–Trinajstić information content (AvgIpc) is 2.14. The fourth-order valence-corrected chi connectivity index (χ4v) is 1.84. The van der Waals surface area contributed by atoms with Gasteiger partial charge in [0, 0.05) is 11.4 Å². The molecule has 1 fully saturated rings. The highest BCUT2D eigenvalue weighted by Gasteiger charge is 2.19. The minimum Gasteiger partial charge on any atom is -0.328 e. The van der Waals surface area contributed by atoms with Crippen molar-refractivity contribution in [3.8, 4) is 0 Å². The Labute approximate surface area is 58.8 Å². The summed E-state index contributed by atoms with van der Waals surface area (Å²) in [5.74, 6) is 0.866. The van der Waals surface area contributed by atoms with Crippen LogP contribution in [0.15, 0.2) is 0 Å². The zero-order valence-electron chi connectivity index (χ0n) is 4.94. The molecule has 1 nitrogen and oxygen atoms in total. The summed E-state index contributed by atoms with van der Waals surface area (Å²) >= 11 is 3.45. The molecular formula is C6H12BrN. The van der Waals surface area contributed by atoms with Crippen LogP contribution in [0, 0.1) is 5.92 Å². The number of rotatable bonds is 1. The second-order valence-corrected chi connectivity index (χ2v) is 3.24. The van der Waals surface area contributed by atoms with E-state index in [2.05, 4.69) is 15.9 Å².